The van der Waals surface area contributed by atoms with Crippen LogP contribution in [0.3, 0.4) is 0 Å². The van der Waals surface area contributed by atoms with Gasteiger partial charge in [0.1, 0.15) is 11.8 Å². The zero-order valence-electron chi connectivity index (χ0n) is 6.51. The Morgan fingerprint density at radius 2 is 2.50 bits per heavy atom. The zero-order chi connectivity index (χ0) is 9.14. The maximum atomic E-state index is 10.2. The lowest BCUT2D eigenvalue weighted by atomic mass is 10.2. The van der Waals surface area contributed by atoms with Gasteiger partial charge >= 0.3 is 5.97 Å². The topological polar surface area (TPSA) is 88.2 Å². The SMILES string of the molecule is Cn1cc([C@H](O)CC(=O)O)nn1. The van der Waals surface area contributed by atoms with Crippen LogP contribution in [0.15, 0.2) is 6.20 Å². The van der Waals surface area contributed by atoms with E-state index in [9.17, 15) is 9.90 Å². The molecule has 0 radical (unpaired) electrons. The van der Waals surface area contributed by atoms with E-state index in [4.69, 9.17) is 5.11 Å². The number of aliphatic carboxylic acids is 1. The molecule has 0 aliphatic carbocycles. The van der Waals surface area contributed by atoms with Crippen molar-refractivity contribution < 1.29 is 15.0 Å². The van der Waals surface area contributed by atoms with Crippen molar-refractivity contribution in [3.8, 4) is 0 Å². The first-order valence-corrected chi connectivity index (χ1v) is 3.35. The van der Waals surface area contributed by atoms with Gasteiger partial charge in [-0.05, 0) is 0 Å². The van der Waals surface area contributed by atoms with E-state index in [0.717, 1.165) is 0 Å². The molecule has 0 aliphatic heterocycles. The van der Waals surface area contributed by atoms with Crippen LogP contribution in [0, 0.1) is 0 Å². The minimum absolute atomic E-state index is 0.278. The molecule has 0 amide bonds. The predicted octanol–water partition coefficient (Wildman–Crippen LogP) is -0.677. The Labute approximate surface area is 68.4 Å². The highest BCUT2D eigenvalue weighted by Gasteiger charge is 2.14. The summed E-state index contributed by atoms with van der Waals surface area (Å²) in [6.07, 6.45) is 0.0583. The summed E-state index contributed by atoms with van der Waals surface area (Å²) in [6.45, 7) is 0. The third-order valence-electron chi connectivity index (χ3n) is 1.33. The number of carboxylic acid groups (broad SMARTS) is 1. The van der Waals surface area contributed by atoms with E-state index < -0.39 is 12.1 Å². The van der Waals surface area contributed by atoms with Gasteiger partial charge in [-0.3, -0.25) is 9.48 Å². The Kier molecular flexibility index (Phi) is 2.39. The third-order valence-corrected chi connectivity index (χ3v) is 1.33. The van der Waals surface area contributed by atoms with Gasteiger partial charge in [-0.25, -0.2) is 0 Å². The van der Waals surface area contributed by atoms with E-state index in [1.54, 1.807) is 7.05 Å². The number of aliphatic hydroxyl groups is 1. The molecule has 66 valence electrons. The standard InChI is InChI=1S/C6H9N3O3/c1-9-3-4(7-8-9)5(10)2-6(11)12/h3,5,10H,2H2,1H3,(H,11,12)/t5-/m1/s1. The summed E-state index contributed by atoms with van der Waals surface area (Å²) in [5, 5.41) is 24.7. The largest absolute Gasteiger partial charge is 0.481 e. The van der Waals surface area contributed by atoms with E-state index in [2.05, 4.69) is 10.3 Å². The lowest BCUT2D eigenvalue weighted by Crippen LogP contribution is -2.05. The highest BCUT2D eigenvalue weighted by Crippen LogP contribution is 2.11. The Bertz CT molecular complexity index is 283. The van der Waals surface area contributed by atoms with Crippen LogP contribution in [0.1, 0.15) is 18.2 Å². The molecule has 6 heteroatoms. The summed E-state index contributed by atoms with van der Waals surface area (Å²) in [6, 6.07) is 0. The van der Waals surface area contributed by atoms with Crippen molar-refractivity contribution in [3.63, 3.8) is 0 Å². The van der Waals surface area contributed by atoms with Crippen LogP contribution in [-0.4, -0.2) is 31.2 Å². The minimum Gasteiger partial charge on any atom is -0.481 e. The fraction of sp³-hybridized carbons (Fsp3) is 0.500. The van der Waals surface area contributed by atoms with Crippen molar-refractivity contribution in [2.24, 2.45) is 7.05 Å². The molecule has 2 N–H and O–H groups in total. The maximum Gasteiger partial charge on any atom is 0.306 e. The highest BCUT2D eigenvalue weighted by atomic mass is 16.4. The van der Waals surface area contributed by atoms with Gasteiger partial charge in [-0.2, -0.15) is 0 Å². The molecule has 12 heavy (non-hydrogen) atoms. The number of hydrogen-bond donors (Lipinski definition) is 2. The quantitative estimate of drug-likeness (QED) is 0.629. The molecule has 1 rings (SSSR count). The van der Waals surface area contributed by atoms with Crippen molar-refractivity contribution >= 4 is 5.97 Å². The molecular formula is C6H9N3O3. The molecule has 0 bridgehead atoms. The summed E-state index contributed by atoms with van der Waals surface area (Å²) >= 11 is 0. The summed E-state index contributed by atoms with van der Waals surface area (Å²) in [7, 11) is 1.64. The smallest absolute Gasteiger partial charge is 0.306 e. The van der Waals surface area contributed by atoms with Crippen molar-refractivity contribution in [1.29, 1.82) is 0 Å². The first kappa shape index (κ1) is 8.66. The first-order chi connectivity index (χ1) is 5.59. The fourth-order valence-corrected chi connectivity index (χ4v) is 0.788. The third kappa shape index (κ3) is 2.03. The van der Waals surface area contributed by atoms with E-state index >= 15 is 0 Å². The van der Waals surface area contributed by atoms with Crippen LogP contribution in [0.5, 0.6) is 0 Å². The Morgan fingerprint density at radius 1 is 1.83 bits per heavy atom. The molecule has 1 aromatic rings. The molecule has 0 fully saturated rings. The van der Waals surface area contributed by atoms with E-state index in [1.807, 2.05) is 0 Å². The molecule has 0 saturated carbocycles. The van der Waals surface area contributed by atoms with Gasteiger partial charge in [0.2, 0.25) is 0 Å². The number of aliphatic hydroxyl groups excluding tert-OH is 1. The molecule has 0 unspecified atom stereocenters. The molecule has 0 aromatic carbocycles. The summed E-state index contributed by atoms with van der Waals surface area (Å²) in [5.41, 5.74) is 0.278. The second kappa shape index (κ2) is 3.31. The van der Waals surface area contributed by atoms with Gasteiger partial charge in [-0.1, -0.05) is 5.21 Å². The summed E-state index contributed by atoms with van der Waals surface area (Å²) in [5.74, 6) is -1.06. The second-order valence-corrected chi connectivity index (χ2v) is 2.43. The maximum absolute atomic E-state index is 10.2. The molecule has 1 heterocycles. The minimum atomic E-state index is -1.07. The second-order valence-electron chi connectivity index (χ2n) is 2.43. The molecule has 1 aromatic heterocycles. The number of hydrogen-bond acceptors (Lipinski definition) is 4. The van der Waals surface area contributed by atoms with Crippen LogP contribution < -0.4 is 0 Å². The Morgan fingerprint density at radius 3 is 2.92 bits per heavy atom. The first-order valence-electron chi connectivity index (χ1n) is 3.35. The van der Waals surface area contributed by atoms with Gasteiger partial charge in [-0.15, -0.1) is 5.10 Å². The van der Waals surface area contributed by atoms with Crippen molar-refractivity contribution in [3.05, 3.63) is 11.9 Å². The monoisotopic (exact) mass is 171 g/mol. The van der Waals surface area contributed by atoms with Gasteiger partial charge in [0.05, 0.1) is 12.6 Å². The van der Waals surface area contributed by atoms with Gasteiger partial charge < -0.3 is 10.2 Å². The van der Waals surface area contributed by atoms with Crippen molar-refractivity contribution in [2.75, 3.05) is 0 Å². The van der Waals surface area contributed by atoms with E-state index in [0.29, 0.717) is 0 Å². The van der Waals surface area contributed by atoms with Crippen LogP contribution in [0.25, 0.3) is 0 Å². The number of aromatic nitrogens is 3. The Balaban J connectivity index is 2.64. The predicted molar refractivity (Wildman–Crippen MR) is 38.2 cm³/mol. The molecule has 1 atom stereocenters. The van der Waals surface area contributed by atoms with Crippen molar-refractivity contribution in [2.45, 2.75) is 12.5 Å². The Hall–Kier alpha value is -1.43. The number of rotatable bonds is 3. The van der Waals surface area contributed by atoms with Crippen molar-refractivity contribution in [1.82, 2.24) is 15.0 Å². The van der Waals surface area contributed by atoms with Gasteiger partial charge in [0.25, 0.3) is 0 Å². The van der Waals surface area contributed by atoms with Crippen LogP contribution in [-0.2, 0) is 11.8 Å². The fourth-order valence-electron chi connectivity index (χ4n) is 0.788. The highest BCUT2D eigenvalue weighted by molar-refractivity contribution is 5.67. The average Bonchev–Trinajstić information content (AvgIpc) is 2.34. The van der Waals surface area contributed by atoms with Crippen LogP contribution >= 0.6 is 0 Å². The summed E-state index contributed by atoms with van der Waals surface area (Å²) < 4.78 is 1.40. The number of carbonyl (C=O) groups is 1. The molecule has 0 aliphatic rings. The average molecular weight is 171 g/mol. The molecule has 0 spiro atoms. The normalized spacial score (nSPS) is 12.8. The van der Waals surface area contributed by atoms with E-state index in [1.165, 1.54) is 10.9 Å². The van der Waals surface area contributed by atoms with Crippen LogP contribution in [0.2, 0.25) is 0 Å². The molecular weight excluding hydrogens is 162 g/mol. The number of aryl methyl sites for hydroxylation is 1. The van der Waals surface area contributed by atoms with Gasteiger partial charge in [0.15, 0.2) is 0 Å². The number of nitrogens with zero attached hydrogens (tertiary/aromatic N) is 3. The molecule has 6 nitrogen and oxygen atoms in total. The lowest BCUT2D eigenvalue weighted by Gasteiger charge is -2.00. The van der Waals surface area contributed by atoms with Crippen LogP contribution in [0.4, 0.5) is 0 Å². The zero-order valence-corrected chi connectivity index (χ0v) is 6.51. The number of carboxylic acids is 1. The van der Waals surface area contributed by atoms with Gasteiger partial charge in [0, 0.05) is 7.05 Å². The summed E-state index contributed by atoms with van der Waals surface area (Å²) in [4.78, 5) is 10.2. The molecule has 0 saturated heterocycles. The lowest BCUT2D eigenvalue weighted by molar-refractivity contribution is -0.139. The van der Waals surface area contributed by atoms with E-state index in [-0.39, 0.29) is 12.1 Å².